The van der Waals surface area contributed by atoms with Gasteiger partial charge in [-0.1, -0.05) is 0 Å². The third-order valence-corrected chi connectivity index (χ3v) is 4.36. The van der Waals surface area contributed by atoms with E-state index in [-0.39, 0.29) is 42.0 Å². The maximum Gasteiger partial charge on any atom is 0.251 e. The maximum atomic E-state index is 12.9. The molecule has 1 aromatic carbocycles. The molecule has 1 atom stereocenters. The lowest BCUT2D eigenvalue weighted by atomic mass is 10.0. The highest BCUT2D eigenvalue weighted by atomic mass is 19.1. The van der Waals surface area contributed by atoms with Crippen LogP contribution in [0, 0.1) is 5.82 Å². The van der Waals surface area contributed by atoms with Gasteiger partial charge in [-0.05, 0) is 37.1 Å². The normalized spacial score (nSPS) is 22.9. The summed E-state index contributed by atoms with van der Waals surface area (Å²) in [4.78, 5) is 37.0. The molecule has 3 rings (SSSR count). The van der Waals surface area contributed by atoms with Crippen molar-refractivity contribution in [3.63, 3.8) is 0 Å². The number of carbonyl (C=O) groups excluding carboxylic acids is 3. The quantitative estimate of drug-likeness (QED) is 0.792. The molecule has 1 aromatic rings. The lowest BCUT2D eigenvalue weighted by Crippen LogP contribution is -2.49. The van der Waals surface area contributed by atoms with Crippen LogP contribution >= 0.6 is 0 Å². The summed E-state index contributed by atoms with van der Waals surface area (Å²) >= 11 is 0. The van der Waals surface area contributed by atoms with Gasteiger partial charge in [0.2, 0.25) is 11.8 Å². The van der Waals surface area contributed by atoms with Crippen LogP contribution in [0.5, 0.6) is 0 Å². The van der Waals surface area contributed by atoms with Gasteiger partial charge in [-0.25, -0.2) is 4.39 Å². The van der Waals surface area contributed by atoms with Gasteiger partial charge in [0.1, 0.15) is 5.82 Å². The molecule has 2 N–H and O–H groups in total. The minimum Gasteiger partial charge on any atom is -0.349 e. The molecule has 2 aliphatic heterocycles. The van der Waals surface area contributed by atoms with Crippen LogP contribution in [0.1, 0.15) is 29.6 Å². The zero-order valence-corrected chi connectivity index (χ0v) is 12.5. The largest absolute Gasteiger partial charge is 0.349 e. The Kier molecular flexibility index (Phi) is 4.38. The van der Waals surface area contributed by atoms with E-state index in [9.17, 15) is 18.8 Å². The van der Waals surface area contributed by atoms with Gasteiger partial charge in [-0.3, -0.25) is 24.6 Å². The predicted molar refractivity (Wildman–Crippen MR) is 80.0 cm³/mol. The van der Waals surface area contributed by atoms with Crippen LogP contribution in [0.3, 0.4) is 0 Å². The van der Waals surface area contributed by atoms with E-state index in [1.54, 1.807) is 0 Å². The van der Waals surface area contributed by atoms with E-state index in [0.717, 1.165) is 0 Å². The van der Waals surface area contributed by atoms with Crippen LogP contribution in [0.4, 0.5) is 4.39 Å². The first-order valence-electron chi connectivity index (χ1n) is 7.67. The lowest BCUT2D eigenvalue weighted by Gasteiger charge is -2.34. The molecular formula is C16H18FN3O3. The summed E-state index contributed by atoms with van der Waals surface area (Å²) in [6.07, 6.45) is 1.64. The number of piperidine rings is 1. The zero-order chi connectivity index (χ0) is 16.4. The second kappa shape index (κ2) is 6.45. The van der Waals surface area contributed by atoms with E-state index in [2.05, 4.69) is 10.6 Å². The molecule has 3 amide bonds. The summed E-state index contributed by atoms with van der Waals surface area (Å²) in [5.74, 6) is -1.06. The first-order chi connectivity index (χ1) is 11.0. The van der Waals surface area contributed by atoms with Crippen molar-refractivity contribution in [2.75, 3.05) is 13.1 Å². The fourth-order valence-corrected chi connectivity index (χ4v) is 3.06. The molecule has 7 heteroatoms. The van der Waals surface area contributed by atoms with Crippen molar-refractivity contribution in [1.29, 1.82) is 0 Å². The van der Waals surface area contributed by atoms with Crippen molar-refractivity contribution in [3.8, 4) is 0 Å². The number of nitrogens with zero attached hydrogens (tertiary/aromatic N) is 1. The number of halogens is 1. The summed E-state index contributed by atoms with van der Waals surface area (Å²) in [7, 11) is 0. The third-order valence-electron chi connectivity index (χ3n) is 4.36. The fraction of sp³-hybridized carbons (Fsp3) is 0.438. The Bertz CT molecular complexity index is 624. The van der Waals surface area contributed by atoms with Crippen molar-refractivity contribution >= 4 is 17.7 Å². The third kappa shape index (κ3) is 3.56. The van der Waals surface area contributed by atoms with E-state index in [4.69, 9.17) is 0 Å². The van der Waals surface area contributed by atoms with Gasteiger partial charge in [-0.15, -0.1) is 0 Å². The number of benzene rings is 1. The number of imide groups is 1. The Hall–Kier alpha value is -2.28. The smallest absolute Gasteiger partial charge is 0.251 e. The summed E-state index contributed by atoms with van der Waals surface area (Å²) < 4.78 is 12.9. The first kappa shape index (κ1) is 15.6. The average Bonchev–Trinajstić information content (AvgIpc) is 2.87. The van der Waals surface area contributed by atoms with Gasteiger partial charge < -0.3 is 5.32 Å². The molecule has 122 valence electrons. The monoisotopic (exact) mass is 319 g/mol. The molecule has 0 bridgehead atoms. The Morgan fingerprint density at radius 2 is 1.83 bits per heavy atom. The van der Waals surface area contributed by atoms with Crippen molar-refractivity contribution in [2.45, 2.75) is 31.3 Å². The lowest BCUT2D eigenvalue weighted by molar-refractivity contribution is -0.126. The van der Waals surface area contributed by atoms with Crippen molar-refractivity contribution < 1.29 is 18.8 Å². The number of hydrogen-bond acceptors (Lipinski definition) is 4. The number of amides is 3. The Labute approximate surface area is 133 Å². The van der Waals surface area contributed by atoms with Crippen LogP contribution in [0.15, 0.2) is 24.3 Å². The highest BCUT2D eigenvalue weighted by molar-refractivity contribution is 6.05. The number of rotatable bonds is 3. The van der Waals surface area contributed by atoms with Crippen LogP contribution in [-0.2, 0) is 9.59 Å². The van der Waals surface area contributed by atoms with Crippen LogP contribution < -0.4 is 10.6 Å². The topological polar surface area (TPSA) is 78.5 Å². The molecular weight excluding hydrogens is 301 g/mol. The minimum atomic E-state index is -0.378. The number of nitrogens with one attached hydrogen (secondary N) is 2. The molecule has 0 aliphatic carbocycles. The Balaban J connectivity index is 1.51. The van der Waals surface area contributed by atoms with E-state index >= 15 is 0 Å². The molecule has 23 heavy (non-hydrogen) atoms. The molecule has 0 unspecified atom stereocenters. The van der Waals surface area contributed by atoms with Gasteiger partial charge in [0.05, 0.1) is 12.5 Å². The van der Waals surface area contributed by atoms with Gasteiger partial charge >= 0.3 is 0 Å². The van der Waals surface area contributed by atoms with Crippen LogP contribution in [0.25, 0.3) is 0 Å². The molecule has 0 radical (unpaired) electrons. The number of likely N-dealkylation sites (tertiary alicyclic amines) is 1. The number of hydrogen-bond donors (Lipinski definition) is 2. The maximum absolute atomic E-state index is 12.9. The second-order valence-electron chi connectivity index (χ2n) is 5.92. The van der Waals surface area contributed by atoms with Crippen LogP contribution in [0.2, 0.25) is 0 Å². The van der Waals surface area contributed by atoms with E-state index in [0.29, 0.717) is 31.5 Å². The standard InChI is InChI=1S/C16H18FN3O3/c17-11-3-1-10(2-4-11)15(22)18-12-5-7-20(8-6-12)13-9-14(21)19-16(13)23/h1-4,12-13H,5-9H2,(H,18,22)(H,19,21,23)/t13-/m1/s1. The van der Waals surface area contributed by atoms with Gasteiger partial charge in [0.15, 0.2) is 0 Å². The van der Waals surface area contributed by atoms with E-state index in [1.165, 1.54) is 24.3 Å². The summed E-state index contributed by atoms with van der Waals surface area (Å²) in [5.41, 5.74) is 0.426. The van der Waals surface area contributed by atoms with Gasteiger partial charge in [0, 0.05) is 24.7 Å². The molecule has 6 nitrogen and oxygen atoms in total. The van der Waals surface area contributed by atoms with Crippen LogP contribution in [-0.4, -0.2) is 47.8 Å². The minimum absolute atomic E-state index is 0.0176. The molecule has 0 aromatic heterocycles. The van der Waals surface area contributed by atoms with E-state index in [1.807, 2.05) is 4.90 Å². The fourth-order valence-electron chi connectivity index (χ4n) is 3.06. The summed E-state index contributed by atoms with van der Waals surface area (Å²) in [5, 5.41) is 5.24. The average molecular weight is 319 g/mol. The van der Waals surface area contributed by atoms with Crippen molar-refractivity contribution in [1.82, 2.24) is 15.5 Å². The Morgan fingerprint density at radius 1 is 1.17 bits per heavy atom. The highest BCUT2D eigenvalue weighted by Gasteiger charge is 2.37. The van der Waals surface area contributed by atoms with E-state index < -0.39 is 0 Å². The molecule has 0 spiro atoms. The Morgan fingerprint density at radius 3 is 2.39 bits per heavy atom. The predicted octanol–water partition coefficient (Wildman–Crippen LogP) is 0.435. The summed E-state index contributed by atoms with van der Waals surface area (Å²) in [6, 6.07) is 5.06. The molecule has 2 saturated heterocycles. The van der Waals surface area contributed by atoms with Crippen molar-refractivity contribution in [3.05, 3.63) is 35.6 Å². The second-order valence-corrected chi connectivity index (χ2v) is 5.92. The highest BCUT2D eigenvalue weighted by Crippen LogP contribution is 2.18. The molecule has 0 saturated carbocycles. The SMILES string of the molecule is O=C1C[C@@H](N2CCC(NC(=O)c3ccc(F)cc3)CC2)C(=O)N1. The van der Waals surface area contributed by atoms with Gasteiger partial charge in [-0.2, -0.15) is 0 Å². The number of carbonyl (C=O) groups is 3. The first-order valence-corrected chi connectivity index (χ1v) is 7.67. The summed E-state index contributed by atoms with van der Waals surface area (Å²) in [6.45, 7) is 1.31. The van der Waals surface area contributed by atoms with Gasteiger partial charge in [0.25, 0.3) is 5.91 Å². The van der Waals surface area contributed by atoms with Crippen molar-refractivity contribution in [2.24, 2.45) is 0 Å². The molecule has 2 heterocycles. The molecule has 2 aliphatic rings. The molecule has 2 fully saturated rings. The zero-order valence-electron chi connectivity index (χ0n) is 12.5.